The van der Waals surface area contributed by atoms with Gasteiger partial charge in [-0.05, 0) is 0 Å². The Kier molecular flexibility index (Phi) is 2.28. The highest BCUT2D eigenvalue weighted by Gasteiger charge is 1.82. The lowest BCUT2D eigenvalue weighted by molar-refractivity contribution is -0.272. The van der Waals surface area contributed by atoms with Gasteiger partial charge in [0.2, 0.25) is 0 Å². The van der Waals surface area contributed by atoms with Crippen LogP contribution in [-0.2, 0) is 0 Å². The van der Waals surface area contributed by atoms with Gasteiger partial charge in [0.25, 0.3) is 0 Å². The molecule has 0 unspecified atom stereocenters. The molecule has 4 heteroatoms. The van der Waals surface area contributed by atoms with E-state index in [0.717, 1.165) is 0 Å². The Morgan fingerprint density at radius 1 is 0.917 bits per heavy atom. The zero-order valence-corrected chi connectivity index (χ0v) is 6.87. The van der Waals surface area contributed by atoms with Gasteiger partial charge in [-0.15, -0.1) is 37.0 Å². The summed E-state index contributed by atoms with van der Waals surface area (Å²) in [4.78, 5) is 0. The molecule has 0 spiro atoms. The highest BCUT2D eigenvalue weighted by molar-refractivity contribution is 5.72. The molecule has 0 heterocycles. The van der Waals surface area contributed by atoms with Crippen LogP contribution in [0.4, 0.5) is 11.4 Å². The van der Waals surface area contributed by atoms with Crippen LogP contribution in [0.15, 0.2) is 12.1 Å². The van der Waals surface area contributed by atoms with Crippen LogP contribution in [0.1, 0.15) is 0 Å². The SMILES string of the molecule is C[N-]c1cc([O-])c([N-]C)cc1[O-]. The Labute approximate surface area is 70.8 Å². The minimum atomic E-state index is -0.266. The second kappa shape index (κ2) is 3.21. The van der Waals surface area contributed by atoms with Crippen molar-refractivity contribution in [3.8, 4) is 11.5 Å². The van der Waals surface area contributed by atoms with E-state index in [9.17, 15) is 10.2 Å². The van der Waals surface area contributed by atoms with Crippen molar-refractivity contribution >= 4 is 11.4 Å². The van der Waals surface area contributed by atoms with Crippen molar-refractivity contribution in [2.75, 3.05) is 14.1 Å². The van der Waals surface area contributed by atoms with Crippen LogP contribution < -0.4 is 10.2 Å². The summed E-state index contributed by atoms with van der Waals surface area (Å²) in [5.74, 6) is -0.532. The van der Waals surface area contributed by atoms with Crippen LogP contribution in [0, 0.1) is 0 Å². The van der Waals surface area contributed by atoms with E-state index in [-0.39, 0.29) is 22.9 Å². The summed E-state index contributed by atoms with van der Waals surface area (Å²) in [6, 6.07) is 2.40. The zero-order chi connectivity index (χ0) is 9.14. The van der Waals surface area contributed by atoms with E-state index in [1.807, 2.05) is 0 Å². The average Bonchev–Trinajstić information content (AvgIpc) is 2.08. The first-order valence-electron chi connectivity index (χ1n) is 3.40. The highest BCUT2D eigenvalue weighted by Crippen LogP contribution is 2.37. The first kappa shape index (κ1) is 8.52. The van der Waals surface area contributed by atoms with Gasteiger partial charge in [0.05, 0.1) is 0 Å². The van der Waals surface area contributed by atoms with E-state index in [1.165, 1.54) is 26.2 Å². The lowest BCUT2D eigenvalue weighted by atomic mass is 10.2. The average molecular weight is 164 g/mol. The lowest BCUT2D eigenvalue weighted by Gasteiger charge is -2.32. The number of hydrogen-bond acceptors (Lipinski definition) is 2. The molecule has 1 rings (SSSR count). The van der Waals surface area contributed by atoms with Gasteiger partial charge in [0.15, 0.2) is 0 Å². The number of nitrogens with zero attached hydrogens (tertiary/aromatic N) is 2. The zero-order valence-electron chi connectivity index (χ0n) is 6.87. The van der Waals surface area contributed by atoms with Gasteiger partial charge in [-0.2, -0.15) is 0 Å². The van der Waals surface area contributed by atoms with Crippen LogP contribution >= 0.6 is 0 Å². The first-order chi connectivity index (χ1) is 5.69. The molecular formula is C8H8N2O2-4. The monoisotopic (exact) mass is 164 g/mol. The van der Waals surface area contributed by atoms with Gasteiger partial charge < -0.3 is 20.8 Å². The summed E-state index contributed by atoms with van der Waals surface area (Å²) in [7, 11) is 2.94. The smallest absolute Gasteiger partial charge is 0.0870 e. The van der Waals surface area contributed by atoms with Crippen molar-refractivity contribution in [3.05, 3.63) is 22.8 Å². The Bertz CT molecular complexity index is 257. The molecule has 4 nitrogen and oxygen atoms in total. The van der Waals surface area contributed by atoms with Crippen molar-refractivity contribution < 1.29 is 10.2 Å². The largest absolute Gasteiger partial charge is 0.873 e. The van der Waals surface area contributed by atoms with E-state index < -0.39 is 0 Å². The van der Waals surface area contributed by atoms with Crippen molar-refractivity contribution in [2.24, 2.45) is 0 Å². The molecule has 0 aliphatic heterocycles. The Balaban J connectivity index is 3.16. The molecule has 0 aromatic heterocycles. The maximum absolute atomic E-state index is 11.1. The van der Waals surface area contributed by atoms with Gasteiger partial charge in [-0.1, -0.05) is 12.1 Å². The minimum Gasteiger partial charge on any atom is -0.873 e. The summed E-state index contributed by atoms with van der Waals surface area (Å²) in [6.45, 7) is 0. The molecule has 66 valence electrons. The van der Waals surface area contributed by atoms with Crippen LogP contribution in [0.2, 0.25) is 0 Å². The third-order valence-electron chi connectivity index (χ3n) is 1.52. The fraction of sp³-hybridized carbons (Fsp3) is 0.250. The fourth-order valence-electron chi connectivity index (χ4n) is 0.888. The van der Waals surface area contributed by atoms with Gasteiger partial charge in [0, 0.05) is 0 Å². The molecule has 0 fully saturated rings. The molecule has 0 saturated carbocycles. The number of hydrogen-bond donors (Lipinski definition) is 0. The Morgan fingerprint density at radius 2 is 1.25 bits per heavy atom. The van der Waals surface area contributed by atoms with E-state index >= 15 is 0 Å². The van der Waals surface area contributed by atoms with Gasteiger partial charge in [-0.3, -0.25) is 0 Å². The summed E-state index contributed by atoms with van der Waals surface area (Å²) >= 11 is 0. The van der Waals surface area contributed by atoms with Crippen LogP contribution in [-0.4, -0.2) is 14.1 Å². The quantitative estimate of drug-likeness (QED) is 0.656. The molecule has 12 heavy (non-hydrogen) atoms. The molecule has 0 amide bonds. The highest BCUT2D eigenvalue weighted by atomic mass is 16.3. The van der Waals surface area contributed by atoms with E-state index in [2.05, 4.69) is 10.6 Å². The molecule has 0 radical (unpaired) electrons. The molecule has 0 saturated heterocycles. The molecule has 0 N–H and O–H groups in total. The Morgan fingerprint density at radius 3 is 1.50 bits per heavy atom. The van der Waals surface area contributed by atoms with Crippen molar-refractivity contribution in [1.29, 1.82) is 0 Å². The third kappa shape index (κ3) is 1.37. The maximum Gasteiger partial charge on any atom is -0.0870 e. The van der Waals surface area contributed by atoms with Gasteiger partial charge in [-0.25, -0.2) is 0 Å². The third-order valence-corrected chi connectivity index (χ3v) is 1.52. The van der Waals surface area contributed by atoms with Crippen molar-refractivity contribution in [1.82, 2.24) is 0 Å². The molecule has 1 aromatic carbocycles. The fourth-order valence-corrected chi connectivity index (χ4v) is 0.888. The maximum atomic E-state index is 11.1. The lowest BCUT2D eigenvalue weighted by Crippen LogP contribution is -1.95. The van der Waals surface area contributed by atoms with Gasteiger partial charge >= 0.3 is 0 Å². The normalized spacial score (nSPS) is 9.50. The van der Waals surface area contributed by atoms with Crippen LogP contribution in [0.3, 0.4) is 0 Å². The van der Waals surface area contributed by atoms with E-state index in [4.69, 9.17) is 0 Å². The summed E-state index contributed by atoms with van der Waals surface area (Å²) in [5, 5.41) is 29.5. The summed E-state index contributed by atoms with van der Waals surface area (Å²) in [5.41, 5.74) is 0.375. The predicted octanol–water partition coefficient (Wildman–Crippen LogP) is 1.10. The second-order valence-electron chi connectivity index (χ2n) is 2.23. The Hall–Kier alpha value is -1.58. The molecule has 0 aliphatic carbocycles. The summed E-state index contributed by atoms with van der Waals surface area (Å²) in [6.07, 6.45) is 0. The van der Waals surface area contributed by atoms with E-state index in [0.29, 0.717) is 0 Å². The van der Waals surface area contributed by atoms with Crippen molar-refractivity contribution in [3.63, 3.8) is 0 Å². The van der Waals surface area contributed by atoms with Crippen LogP contribution in [0.25, 0.3) is 10.6 Å². The molecular weight excluding hydrogens is 156 g/mol. The minimum absolute atomic E-state index is 0.187. The topological polar surface area (TPSA) is 74.3 Å². The van der Waals surface area contributed by atoms with Crippen molar-refractivity contribution in [2.45, 2.75) is 0 Å². The molecule has 1 aromatic rings. The molecule has 0 bridgehead atoms. The first-order valence-corrected chi connectivity index (χ1v) is 3.40. The van der Waals surface area contributed by atoms with Crippen LogP contribution in [0.5, 0.6) is 11.5 Å². The number of benzene rings is 1. The summed E-state index contributed by atoms with van der Waals surface area (Å²) < 4.78 is 0. The van der Waals surface area contributed by atoms with Gasteiger partial charge in [0.1, 0.15) is 0 Å². The molecule has 0 aliphatic rings. The molecule has 0 atom stereocenters. The standard InChI is InChI=1S/C8H10N2O2/c1-9-5-3-8(12)6(10-2)4-7(5)11/h3-4,11-12H,1-2H3/q-2/p-2. The van der Waals surface area contributed by atoms with E-state index in [1.54, 1.807) is 0 Å². The second-order valence-corrected chi connectivity index (χ2v) is 2.23. The number of rotatable bonds is 2. The predicted molar refractivity (Wildman–Crippen MR) is 43.2 cm³/mol.